The normalized spacial score (nSPS) is 15.1. The third kappa shape index (κ3) is 5.95. The zero-order valence-corrected chi connectivity index (χ0v) is 20.3. The molecule has 1 amide bonds. The second-order valence-corrected chi connectivity index (χ2v) is 8.66. The number of carbonyl (C=O) groups excluding carboxylic acids is 1. The highest BCUT2D eigenvalue weighted by Gasteiger charge is 2.35. The smallest absolute Gasteiger partial charge is 0.335 e. The first-order valence-corrected chi connectivity index (χ1v) is 11.8. The Balaban J connectivity index is 1.59. The first-order valence-electron chi connectivity index (χ1n) is 11.8. The molecule has 9 heteroatoms. The Morgan fingerprint density at radius 1 is 1.03 bits per heavy atom. The summed E-state index contributed by atoms with van der Waals surface area (Å²) in [5, 5.41) is 21.1. The van der Waals surface area contributed by atoms with E-state index in [1.165, 1.54) is 12.1 Å². The molecule has 3 aromatic rings. The molecule has 0 radical (unpaired) electrons. The van der Waals surface area contributed by atoms with Crippen LogP contribution >= 0.6 is 0 Å². The second-order valence-electron chi connectivity index (χ2n) is 8.66. The number of aryl methyl sites for hydroxylation is 1. The average Bonchev–Trinajstić information content (AvgIpc) is 2.91. The van der Waals surface area contributed by atoms with Gasteiger partial charge in [0.1, 0.15) is 17.5 Å². The van der Waals surface area contributed by atoms with Gasteiger partial charge in [0.2, 0.25) is 5.91 Å². The number of hydrogen-bond acceptors (Lipinski definition) is 6. The number of carboxylic acid groups (broad SMARTS) is 1. The van der Waals surface area contributed by atoms with E-state index in [0.717, 1.165) is 35.8 Å². The Bertz CT molecular complexity index is 1310. The molecule has 9 nitrogen and oxygen atoms in total. The van der Waals surface area contributed by atoms with Crippen LogP contribution in [0.3, 0.4) is 0 Å². The van der Waals surface area contributed by atoms with E-state index in [0.29, 0.717) is 13.0 Å². The molecule has 0 saturated carbocycles. The summed E-state index contributed by atoms with van der Waals surface area (Å²) in [6.45, 7) is 0.487. The number of nitro groups is 1. The number of aromatic carboxylic acids is 1. The zero-order valence-electron chi connectivity index (χ0n) is 20.3. The van der Waals surface area contributed by atoms with Gasteiger partial charge in [0.15, 0.2) is 0 Å². The van der Waals surface area contributed by atoms with Gasteiger partial charge in [0, 0.05) is 31.4 Å². The van der Waals surface area contributed by atoms with Crippen molar-refractivity contribution >= 4 is 23.3 Å². The van der Waals surface area contributed by atoms with Gasteiger partial charge in [-0.3, -0.25) is 14.9 Å². The molecule has 0 fully saturated rings. The lowest BCUT2D eigenvalue weighted by atomic mass is 10.0. The lowest BCUT2D eigenvalue weighted by molar-refractivity contribution is -0.384. The standard InChI is InChI=1S/C28H27N3O6/c1-37-23-12-9-20(10-13-23)8-5-15-29-16-17-30(26(27(29)32)18-21-6-3-2-4-7-21)24-14-11-22(28(33)34)19-25(24)31(35)36/h2-4,6-7,9-14,16-17,19,26H,5,8,15,18H2,1H3,(H,33,34)/t26-/m0/s1. The van der Waals surface area contributed by atoms with Gasteiger partial charge in [-0.1, -0.05) is 42.5 Å². The minimum atomic E-state index is -1.26. The summed E-state index contributed by atoms with van der Waals surface area (Å²) in [7, 11) is 1.62. The Kier molecular flexibility index (Phi) is 7.83. The van der Waals surface area contributed by atoms with E-state index < -0.39 is 16.9 Å². The van der Waals surface area contributed by atoms with E-state index >= 15 is 0 Å². The molecule has 190 valence electrons. The highest BCUT2D eigenvalue weighted by molar-refractivity contribution is 5.92. The van der Waals surface area contributed by atoms with Gasteiger partial charge in [-0.2, -0.15) is 0 Å². The number of anilines is 1. The minimum Gasteiger partial charge on any atom is -0.497 e. The van der Waals surface area contributed by atoms with Crippen LogP contribution in [0.15, 0.2) is 85.2 Å². The molecule has 1 atom stereocenters. The van der Waals surface area contributed by atoms with Crippen molar-refractivity contribution in [3.05, 3.63) is 112 Å². The summed E-state index contributed by atoms with van der Waals surface area (Å²) in [4.78, 5) is 39.4. The number of nitro benzene ring substituents is 1. The summed E-state index contributed by atoms with van der Waals surface area (Å²) >= 11 is 0. The third-order valence-corrected chi connectivity index (χ3v) is 6.30. The van der Waals surface area contributed by atoms with Gasteiger partial charge in [-0.15, -0.1) is 0 Å². The molecule has 0 unspecified atom stereocenters. The summed E-state index contributed by atoms with van der Waals surface area (Å²) in [5.41, 5.74) is 1.64. The Morgan fingerprint density at radius 3 is 2.41 bits per heavy atom. The lowest BCUT2D eigenvalue weighted by Gasteiger charge is -2.37. The first-order chi connectivity index (χ1) is 17.9. The molecule has 4 rings (SSSR count). The van der Waals surface area contributed by atoms with Crippen molar-refractivity contribution in [2.75, 3.05) is 18.6 Å². The summed E-state index contributed by atoms with van der Waals surface area (Å²) in [6.07, 6.45) is 5.12. The van der Waals surface area contributed by atoms with Crippen LogP contribution in [0.25, 0.3) is 0 Å². The van der Waals surface area contributed by atoms with Gasteiger partial charge in [0.25, 0.3) is 5.69 Å². The highest BCUT2D eigenvalue weighted by Crippen LogP contribution is 2.34. The molecule has 1 N–H and O–H groups in total. The van der Waals surface area contributed by atoms with E-state index in [1.54, 1.807) is 29.3 Å². The predicted octanol–water partition coefficient (Wildman–Crippen LogP) is 4.67. The molecule has 0 aliphatic carbocycles. The van der Waals surface area contributed by atoms with Crippen LogP contribution in [0.5, 0.6) is 5.75 Å². The van der Waals surface area contributed by atoms with Crippen LogP contribution in [0.4, 0.5) is 11.4 Å². The Hall–Kier alpha value is -4.66. The number of carboxylic acids is 1. The van der Waals surface area contributed by atoms with Crippen LogP contribution in [0.2, 0.25) is 0 Å². The number of benzene rings is 3. The number of methoxy groups -OCH3 is 1. The van der Waals surface area contributed by atoms with Gasteiger partial charge < -0.3 is 19.6 Å². The van der Waals surface area contributed by atoms with E-state index in [9.17, 15) is 24.8 Å². The molecule has 0 bridgehead atoms. The van der Waals surface area contributed by atoms with Crippen molar-refractivity contribution in [3.63, 3.8) is 0 Å². The number of rotatable bonds is 10. The lowest BCUT2D eigenvalue weighted by Crippen LogP contribution is -2.50. The quantitative estimate of drug-likeness (QED) is 0.317. The molecule has 37 heavy (non-hydrogen) atoms. The van der Waals surface area contributed by atoms with E-state index in [4.69, 9.17) is 4.74 Å². The maximum Gasteiger partial charge on any atom is 0.335 e. The second kappa shape index (κ2) is 11.4. The van der Waals surface area contributed by atoms with E-state index in [2.05, 4.69) is 0 Å². The van der Waals surface area contributed by atoms with Gasteiger partial charge in [0.05, 0.1) is 17.6 Å². The number of hydrogen-bond donors (Lipinski definition) is 1. The fourth-order valence-electron chi connectivity index (χ4n) is 4.36. The van der Waals surface area contributed by atoms with Crippen LogP contribution in [-0.4, -0.2) is 46.5 Å². The molecule has 1 aliphatic heterocycles. The number of ether oxygens (including phenoxy) is 1. The maximum absolute atomic E-state index is 13.6. The fraction of sp³-hybridized carbons (Fsp3) is 0.214. The van der Waals surface area contributed by atoms with Crippen LogP contribution < -0.4 is 9.64 Å². The number of carbonyl (C=O) groups is 2. The monoisotopic (exact) mass is 501 g/mol. The number of nitrogens with zero attached hydrogens (tertiary/aromatic N) is 3. The average molecular weight is 502 g/mol. The molecule has 3 aromatic carbocycles. The molecule has 0 aromatic heterocycles. The fourth-order valence-corrected chi connectivity index (χ4v) is 4.36. The van der Waals surface area contributed by atoms with Crippen LogP contribution in [-0.2, 0) is 17.6 Å². The Morgan fingerprint density at radius 2 is 1.76 bits per heavy atom. The molecule has 0 saturated heterocycles. The SMILES string of the molecule is COc1ccc(CCCN2C=CN(c3ccc(C(=O)O)cc3[N+](=O)[O-])[C@@H](Cc3ccccc3)C2=O)cc1. The van der Waals surface area contributed by atoms with Crippen molar-refractivity contribution in [2.45, 2.75) is 25.3 Å². The largest absolute Gasteiger partial charge is 0.497 e. The van der Waals surface area contributed by atoms with Crippen molar-refractivity contribution in [3.8, 4) is 5.75 Å². The Labute approximate surface area is 214 Å². The van der Waals surface area contributed by atoms with E-state index in [-0.39, 0.29) is 22.8 Å². The zero-order chi connectivity index (χ0) is 26.4. The number of amides is 1. The third-order valence-electron chi connectivity index (χ3n) is 6.30. The molecular weight excluding hydrogens is 474 g/mol. The van der Waals surface area contributed by atoms with Crippen molar-refractivity contribution < 1.29 is 24.4 Å². The van der Waals surface area contributed by atoms with Gasteiger partial charge in [-0.25, -0.2) is 4.79 Å². The molecular formula is C28H27N3O6. The predicted molar refractivity (Wildman–Crippen MR) is 139 cm³/mol. The first kappa shape index (κ1) is 25.4. The minimum absolute atomic E-state index is 0.165. The van der Waals surface area contributed by atoms with Crippen LogP contribution in [0, 0.1) is 10.1 Å². The van der Waals surface area contributed by atoms with Crippen molar-refractivity contribution in [2.24, 2.45) is 0 Å². The van der Waals surface area contributed by atoms with E-state index in [1.807, 2.05) is 54.6 Å². The van der Waals surface area contributed by atoms with Crippen molar-refractivity contribution in [1.82, 2.24) is 4.90 Å². The molecule has 1 aliphatic rings. The summed E-state index contributed by atoms with van der Waals surface area (Å²) < 4.78 is 5.19. The van der Waals surface area contributed by atoms with Crippen LogP contribution in [0.1, 0.15) is 27.9 Å². The summed E-state index contributed by atoms with van der Waals surface area (Å²) in [6, 6.07) is 20.2. The van der Waals surface area contributed by atoms with Crippen molar-refractivity contribution in [1.29, 1.82) is 0 Å². The highest BCUT2D eigenvalue weighted by atomic mass is 16.6. The summed E-state index contributed by atoms with van der Waals surface area (Å²) in [5.74, 6) is -0.659. The molecule has 1 heterocycles. The topological polar surface area (TPSA) is 113 Å². The van der Waals surface area contributed by atoms with Gasteiger partial charge >= 0.3 is 5.97 Å². The molecule has 0 spiro atoms. The maximum atomic E-state index is 13.6. The van der Waals surface area contributed by atoms with Gasteiger partial charge in [-0.05, 0) is 48.2 Å².